The van der Waals surface area contributed by atoms with Crippen molar-refractivity contribution in [3.05, 3.63) is 70.1 Å². The molecule has 0 amide bonds. The van der Waals surface area contributed by atoms with E-state index in [0.717, 1.165) is 12.1 Å². The third-order valence-electron chi connectivity index (χ3n) is 3.30. The van der Waals surface area contributed by atoms with Gasteiger partial charge >= 0.3 is 6.18 Å². The zero-order valence-electron chi connectivity index (χ0n) is 12.1. The van der Waals surface area contributed by atoms with E-state index in [1.54, 1.807) is 24.3 Å². The molecule has 0 aliphatic heterocycles. The summed E-state index contributed by atoms with van der Waals surface area (Å²) in [6.45, 7) is 0. The van der Waals surface area contributed by atoms with E-state index in [1.165, 1.54) is 24.3 Å². The van der Waals surface area contributed by atoms with Gasteiger partial charge < -0.3 is 0 Å². The van der Waals surface area contributed by atoms with Gasteiger partial charge in [-0.05, 0) is 22.9 Å². The van der Waals surface area contributed by atoms with Gasteiger partial charge in [0.15, 0.2) is 0 Å². The van der Waals surface area contributed by atoms with Gasteiger partial charge in [0.1, 0.15) is 23.8 Å². The van der Waals surface area contributed by atoms with Crippen molar-refractivity contribution >= 4 is 11.1 Å². The van der Waals surface area contributed by atoms with Gasteiger partial charge in [-0.15, -0.1) is 0 Å². The number of benzene rings is 2. The fourth-order valence-electron chi connectivity index (χ4n) is 2.08. The largest absolute Gasteiger partial charge is 0.416 e. The molecule has 0 fully saturated rings. The number of rotatable bonds is 1. The quantitative estimate of drug-likeness (QED) is 0.810. The van der Waals surface area contributed by atoms with Crippen LogP contribution in [0.25, 0.3) is 11.1 Å². The fourth-order valence-corrected chi connectivity index (χ4v) is 2.08. The number of halogens is 3. The van der Waals surface area contributed by atoms with E-state index in [2.05, 4.69) is 0 Å². The minimum atomic E-state index is -4.44. The van der Waals surface area contributed by atoms with Crippen molar-refractivity contribution in [1.82, 2.24) is 0 Å². The summed E-state index contributed by atoms with van der Waals surface area (Å²) >= 11 is 0. The molecule has 6 heteroatoms. The second-order valence-corrected chi connectivity index (χ2v) is 4.74. The Labute approximate surface area is 135 Å². The lowest BCUT2D eigenvalue weighted by molar-refractivity contribution is -0.137. The van der Waals surface area contributed by atoms with Crippen LogP contribution in [0.4, 0.5) is 13.2 Å². The van der Waals surface area contributed by atoms with Crippen molar-refractivity contribution in [1.29, 1.82) is 15.8 Å². The highest BCUT2D eigenvalue weighted by atomic mass is 19.4. The summed E-state index contributed by atoms with van der Waals surface area (Å²) in [5.74, 6) is 0. The molecule has 0 N–H and O–H groups in total. The molecule has 0 atom stereocenters. The van der Waals surface area contributed by atoms with Crippen molar-refractivity contribution < 1.29 is 13.2 Å². The average Bonchev–Trinajstić information content (AvgIpc) is 2.58. The molecule has 0 aliphatic rings. The van der Waals surface area contributed by atoms with Crippen LogP contribution in [0.1, 0.15) is 11.1 Å². The Kier molecular flexibility index (Phi) is 4.68. The number of nitriles is 3. The molecular weight excluding hydrogens is 315 g/mol. The molecule has 0 unspecified atom stereocenters. The SMILES string of the molecule is N#CC(C#N)=c1ccc(=C(C#N)c2ccc(C(F)(F)F)cc2)cc1. The van der Waals surface area contributed by atoms with E-state index in [0.29, 0.717) is 16.0 Å². The van der Waals surface area contributed by atoms with Crippen LogP contribution in [0.15, 0.2) is 48.5 Å². The lowest BCUT2D eigenvalue weighted by Crippen LogP contribution is -2.12. The molecular formula is C18H8F3N3. The maximum Gasteiger partial charge on any atom is 0.416 e. The second kappa shape index (κ2) is 6.69. The molecule has 3 nitrogen and oxygen atoms in total. The number of hydrogen-bond donors (Lipinski definition) is 0. The van der Waals surface area contributed by atoms with Crippen LogP contribution >= 0.6 is 0 Å². The first-order valence-corrected chi connectivity index (χ1v) is 6.63. The van der Waals surface area contributed by atoms with Crippen molar-refractivity contribution in [3.63, 3.8) is 0 Å². The molecule has 0 spiro atoms. The highest BCUT2D eigenvalue weighted by Crippen LogP contribution is 2.29. The summed E-state index contributed by atoms with van der Waals surface area (Å²) in [4.78, 5) is 0. The summed E-state index contributed by atoms with van der Waals surface area (Å²) in [6.07, 6.45) is -4.44. The Morgan fingerprint density at radius 2 is 1.21 bits per heavy atom. The monoisotopic (exact) mass is 323 g/mol. The Morgan fingerprint density at radius 1 is 0.708 bits per heavy atom. The molecule has 0 saturated carbocycles. The zero-order valence-corrected chi connectivity index (χ0v) is 12.1. The molecule has 2 aromatic carbocycles. The lowest BCUT2D eigenvalue weighted by atomic mass is 10.0. The van der Waals surface area contributed by atoms with Gasteiger partial charge in [-0.25, -0.2) is 0 Å². The molecule has 0 radical (unpaired) electrons. The topological polar surface area (TPSA) is 71.4 Å². The lowest BCUT2D eigenvalue weighted by Gasteiger charge is -2.07. The van der Waals surface area contributed by atoms with E-state index in [4.69, 9.17) is 10.5 Å². The Morgan fingerprint density at radius 3 is 1.62 bits per heavy atom. The number of hydrogen-bond acceptors (Lipinski definition) is 3. The van der Waals surface area contributed by atoms with Crippen molar-refractivity contribution in [2.75, 3.05) is 0 Å². The minimum absolute atomic E-state index is 0.0606. The standard InChI is InChI=1S/C18H8F3N3/c19-18(20,21)16-7-5-14(6-8-16)17(11-24)13-3-1-12(2-4-13)15(9-22)10-23/h1-8H. The zero-order chi connectivity index (χ0) is 17.7. The molecule has 2 rings (SSSR count). The van der Waals surface area contributed by atoms with Gasteiger partial charge in [-0.2, -0.15) is 29.0 Å². The molecule has 0 heterocycles. The summed E-state index contributed by atoms with van der Waals surface area (Å²) in [6, 6.07) is 15.9. The highest BCUT2D eigenvalue weighted by Gasteiger charge is 2.30. The summed E-state index contributed by atoms with van der Waals surface area (Å²) < 4.78 is 37.8. The number of nitrogens with zero attached hydrogens (tertiary/aromatic N) is 3. The Balaban J connectivity index is 2.59. The van der Waals surface area contributed by atoms with Gasteiger partial charge in [0, 0.05) is 5.22 Å². The van der Waals surface area contributed by atoms with Gasteiger partial charge in [-0.3, -0.25) is 0 Å². The Bertz CT molecular complexity index is 973. The molecule has 0 saturated heterocycles. The van der Waals surface area contributed by atoms with Crippen molar-refractivity contribution in [3.8, 4) is 18.2 Å². The van der Waals surface area contributed by atoms with Crippen LogP contribution in [0, 0.1) is 34.0 Å². The minimum Gasteiger partial charge on any atom is -0.192 e. The molecule has 0 aliphatic carbocycles. The van der Waals surface area contributed by atoms with Gasteiger partial charge in [0.2, 0.25) is 0 Å². The summed E-state index contributed by atoms with van der Waals surface area (Å²) in [7, 11) is 0. The first-order chi connectivity index (χ1) is 11.4. The highest BCUT2D eigenvalue weighted by molar-refractivity contribution is 5.77. The fraction of sp³-hybridized carbons (Fsp3) is 0.0556. The predicted molar refractivity (Wildman–Crippen MR) is 79.9 cm³/mol. The van der Waals surface area contributed by atoms with E-state index in [-0.39, 0.29) is 11.1 Å². The first kappa shape index (κ1) is 16.8. The van der Waals surface area contributed by atoms with Crippen LogP contribution in [0.3, 0.4) is 0 Å². The van der Waals surface area contributed by atoms with Crippen LogP contribution < -0.4 is 10.4 Å². The third-order valence-corrected chi connectivity index (χ3v) is 3.30. The summed E-state index contributed by atoms with van der Waals surface area (Å²) in [5, 5.41) is 27.8. The molecule has 116 valence electrons. The third kappa shape index (κ3) is 3.43. The van der Waals surface area contributed by atoms with Crippen LogP contribution in [-0.4, -0.2) is 0 Å². The second-order valence-electron chi connectivity index (χ2n) is 4.74. The van der Waals surface area contributed by atoms with Crippen molar-refractivity contribution in [2.24, 2.45) is 0 Å². The van der Waals surface area contributed by atoms with Crippen LogP contribution in [0.2, 0.25) is 0 Å². The van der Waals surface area contributed by atoms with Crippen LogP contribution in [-0.2, 0) is 6.18 Å². The predicted octanol–water partition coefficient (Wildman–Crippen LogP) is 2.63. The molecule has 2 aromatic rings. The van der Waals surface area contributed by atoms with Crippen molar-refractivity contribution in [2.45, 2.75) is 6.18 Å². The van der Waals surface area contributed by atoms with Crippen LogP contribution in [0.5, 0.6) is 0 Å². The molecule has 24 heavy (non-hydrogen) atoms. The van der Waals surface area contributed by atoms with E-state index in [1.807, 2.05) is 6.07 Å². The number of alkyl halides is 3. The maximum absolute atomic E-state index is 12.6. The first-order valence-electron chi connectivity index (χ1n) is 6.63. The maximum atomic E-state index is 12.6. The summed E-state index contributed by atoms with van der Waals surface area (Å²) in [5.41, 5.74) is -0.301. The normalized spacial score (nSPS) is 10.2. The van der Waals surface area contributed by atoms with E-state index < -0.39 is 11.7 Å². The average molecular weight is 323 g/mol. The molecule has 0 bridgehead atoms. The van der Waals surface area contributed by atoms with Gasteiger partial charge in [-0.1, -0.05) is 36.4 Å². The molecule has 0 aromatic heterocycles. The van der Waals surface area contributed by atoms with E-state index >= 15 is 0 Å². The van der Waals surface area contributed by atoms with Gasteiger partial charge in [0.25, 0.3) is 0 Å². The Hall–Kier alpha value is -3.56. The van der Waals surface area contributed by atoms with E-state index in [9.17, 15) is 18.4 Å². The van der Waals surface area contributed by atoms with Gasteiger partial charge in [0.05, 0.1) is 11.1 Å². The smallest absolute Gasteiger partial charge is 0.192 e.